The van der Waals surface area contributed by atoms with E-state index in [0.717, 1.165) is 57.0 Å². The summed E-state index contributed by atoms with van der Waals surface area (Å²) in [5.41, 5.74) is 0.820. The molecule has 2 fully saturated rings. The van der Waals surface area contributed by atoms with Gasteiger partial charge in [0.15, 0.2) is 11.6 Å². The van der Waals surface area contributed by atoms with Crippen LogP contribution in [-0.4, -0.2) is 59.0 Å². The van der Waals surface area contributed by atoms with Gasteiger partial charge in [-0.15, -0.1) is 0 Å². The maximum atomic E-state index is 12.2. The van der Waals surface area contributed by atoms with Crippen molar-refractivity contribution in [1.82, 2.24) is 20.3 Å². The van der Waals surface area contributed by atoms with Gasteiger partial charge in [-0.05, 0) is 42.9 Å². The van der Waals surface area contributed by atoms with Crippen LogP contribution in [0.3, 0.4) is 0 Å². The van der Waals surface area contributed by atoms with Gasteiger partial charge < -0.3 is 14.5 Å². The zero-order chi connectivity index (χ0) is 17.2. The van der Waals surface area contributed by atoms with E-state index in [1.54, 1.807) is 0 Å². The Morgan fingerprint density at radius 1 is 1.08 bits per heavy atom. The number of carbonyl (C=O) groups excluding carboxylic acids is 1. The highest BCUT2D eigenvalue weighted by atomic mass is 16.6. The number of esters is 1. The molecule has 25 heavy (non-hydrogen) atoms. The van der Waals surface area contributed by atoms with E-state index in [9.17, 15) is 4.79 Å². The normalized spacial score (nSPS) is 21.1. The molecule has 4 rings (SSSR count). The molecule has 0 aliphatic carbocycles. The van der Waals surface area contributed by atoms with Crippen molar-refractivity contribution >= 4 is 28.9 Å². The summed E-state index contributed by atoms with van der Waals surface area (Å²) in [5, 5.41) is 7.65. The lowest BCUT2D eigenvalue weighted by atomic mass is 9.98. The van der Waals surface area contributed by atoms with Crippen molar-refractivity contribution < 1.29 is 14.2 Å². The molecule has 134 valence electrons. The number of fused-ring (bicyclic) bond motifs is 1. The molecule has 0 bridgehead atoms. The van der Waals surface area contributed by atoms with Crippen molar-refractivity contribution in [2.75, 3.05) is 42.6 Å². The second kappa shape index (κ2) is 6.81. The molecule has 4 heterocycles. The van der Waals surface area contributed by atoms with E-state index < -0.39 is 0 Å². The summed E-state index contributed by atoms with van der Waals surface area (Å²) in [5.74, 6) is 1.31. The summed E-state index contributed by atoms with van der Waals surface area (Å²) in [6.07, 6.45) is 4.04. The quantitative estimate of drug-likeness (QED) is 0.761. The SMILES string of the molecule is CCOC(=O)C1CCCN(c2nc3nonc3nc2N2CCCC2)C1. The highest BCUT2D eigenvalue weighted by Crippen LogP contribution is 2.32. The third-order valence-electron chi connectivity index (χ3n) is 4.82. The molecular weight excluding hydrogens is 324 g/mol. The van der Waals surface area contributed by atoms with Crippen LogP contribution < -0.4 is 9.80 Å². The van der Waals surface area contributed by atoms with E-state index in [1.807, 2.05) is 6.92 Å². The molecule has 0 N–H and O–H groups in total. The van der Waals surface area contributed by atoms with E-state index in [0.29, 0.717) is 24.4 Å². The van der Waals surface area contributed by atoms with Crippen molar-refractivity contribution in [2.24, 2.45) is 5.92 Å². The average Bonchev–Trinajstić information content (AvgIpc) is 3.32. The number of hydrogen-bond acceptors (Lipinski definition) is 9. The van der Waals surface area contributed by atoms with Crippen LogP contribution in [0.1, 0.15) is 32.6 Å². The predicted octanol–water partition coefficient (Wildman–Crippen LogP) is 1.39. The highest BCUT2D eigenvalue weighted by Gasteiger charge is 2.31. The molecule has 2 aliphatic heterocycles. The number of hydrogen-bond donors (Lipinski definition) is 0. The third kappa shape index (κ3) is 3.10. The van der Waals surface area contributed by atoms with Gasteiger partial charge in [0.05, 0.1) is 12.5 Å². The smallest absolute Gasteiger partial charge is 0.310 e. The summed E-state index contributed by atoms with van der Waals surface area (Å²) in [4.78, 5) is 25.8. The van der Waals surface area contributed by atoms with Gasteiger partial charge >= 0.3 is 5.97 Å². The lowest BCUT2D eigenvalue weighted by Gasteiger charge is -2.34. The van der Waals surface area contributed by atoms with Crippen LogP contribution in [0, 0.1) is 5.92 Å². The standard InChI is InChI=1S/C16H22N6O3/c1-2-24-16(23)11-6-5-9-22(10-11)15-14(21-7-3-4-8-21)17-12-13(18-15)20-25-19-12/h11H,2-10H2,1H3. The van der Waals surface area contributed by atoms with Gasteiger partial charge in [0, 0.05) is 26.2 Å². The Morgan fingerprint density at radius 3 is 2.40 bits per heavy atom. The average molecular weight is 346 g/mol. The first-order valence-corrected chi connectivity index (χ1v) is 8.93. The molecule has 1 unspecified atom stereocenters. The van der Waals surface area contributed by atoms with E-state index in [2.05, 4.69) is 30.1 Å². The molecule has 9 heteroatoms. The number of aromatic nitrogens is 4. The molecule has 0 spiro atoms. The number of anilines is 2. The van der Waals surface area contributed by atoms with E-state index >= 15 is 0 Å². The van der Waals surface area contributed by atoms with Crippen LogP contribution in [0.25, 0.3) is 11.3 Å². The Hall–Kier alpha value is -2.45. The first-order valence-electron chi connectivity index (χ1n) is 8.93. The molecule has 2 aromatic rings. The summed E-state index contributed by atoms with van der Waals surface area (Å²) in [7, 11) is 0. The second-order valence-electron chi connectivity index (χ2n) is 6.51. The molecule has 0 aromatic carbocycles. The summed E-state index contributed by atoms with van der Waals surface area (Å²) in [6, 6.07) is 0. The fourth-order valence-electron chi connectivity index (χ4n) is 3.60. The molecule has 2 aromatic heterocycles. The van der Waals surface area contributed by atoms with Crippen molar-refractivity contribution in [2.45, 2.75) is 32.6 Å². The number of nitrogens with zero attached hydrogens (tertiary/aromatic N) is 6. The Bertz CT molecular complexity index is 757. The van der Waals surface area contributed by atoms with E-state index in [4.69, 9.17) is 9.37 Å². The monoisotopic (exact) mass is 346 g/mol. The molecule has 0 amide bonds. The van der Waals surface area contributed by atoms with Gasteiger partial charge in [-0.3, -0.25) is 4.79 Å². The van der Waals surface area contributed by atoms with Gasteiger partial charge in [0.2, 0.25) is 11.3 Å². The van der Waals surface area contributed by atoms with Crippen LogP contribution in [0.15, 0.2) is 4.63 Å². The molecule has 2 aliphatic rings. The second-order valence-corrected chi connectivity index (χ2v) is 6.51. The van der Waals surface area contributed by atoms with Gasteiger partial charge in [0.25, 0.3) is 0 Å². The summed E-state index contributed by atoms with van der Waals surface area (Å²) < 4.78 is 9.98. The van der Waals surface area contributed by atoms with Crippen molar-refractivity contribution in [1.29, 1.82) is 0 Å². The fourth-order valence-corrected chi connectivity index (χ4v) is 3.60. The predicted molar refractivity (Wildman–Crippen MR) is 90.4 cm³/mol. The van der Waals surface area contributed by atoms with Crippen molar-refractivity contribution in [3.8, 4) is 0 Å². The zero-order valence-corrected chi connectivity index (χ0v) is 14.3. The van der Waals surface area contributed by atoms with Crippen LogP contribution >= 0.6 is 0 Å². The Labute approximate surface area is 145 Å². The van der Waals surface area contributed by atoms with Gasteiger partial charge in [-0.25, -0.2) is 14.6 Å². The first kappa shape index (κ1) is 16.0. The summed E-state index contributed by atoms with van der Waals surface area (Å²) >= 11 is 0. The number of ether oxygens (including phenoxy) is 1. The van der Waals surface area contributed by atoms with Crippen LogP contribution in [0.5, 0.6) is 0 Å². The van der Waals surface area contributed by atoms with Gasteiger partial charge in [0.1, 0.15) is 0 Å². The molecule has 1 atom stereocenters. The molecule has 0 saturated carbocycles. The molecule has 9 nitrogen and oxygen atoms in total. The lowest BCUT2D eigenvalue weighted by molar-refractivity contribution is -0.148. The maximum absolute atomic E-state index is 12.2. The number of piperidine rings is 1. The zero-order valence-electron chi connectivity index (χ0n) is 14.3. The van der Waals surface area contributed by atoms with Gasteiger partial charge in [-0.2, -0.15) is 0 Å². The minimum Gasteiger partial charge on any atom is -0.466 e. The lowest BCUT2D eigenvalue weighted by Crippen LogP contribution is -2.41. The van der Waals surface area contributed by atoms with Crippen molar-refractivity contribution in [3.05, 3.63) is 0 Å². The van der Waals surface area contributed by atoms with Crippen LogP contribution in [0.4, 0.5) is 11.6 Å². The maximum Gasteiger partial charge on any atom is 0.310 e. The van der Waals surface area contributed by atoms with Gasteiger partial charge in [-0.1, -0.05) is 0 Å². The van der Waals surface area contributed by atoms with E-state index in [1.165, 1.54) is 0 Å². The number of rotatable bonds is 4. The molecule has 0 radical (unpaired) electrons. The molecule has 2 saturated heterocycles. The highest BCUT2D eigenvalue weighted by molar-refractivity contribution is 5.77. The van der Waals surface area contributed by atoms with Crippen LogP contribution in [0.2, 0.25) is 0 Å². The topological polar surface area (TPSA) is 97.5 Å². The Balaban J connectivity index is 1.66. The van der Waals surface area contributed by atoms with Crippen LogP contribution in [-0.2, 0) is 9.53 Å². The minimum atomic E-state index is -0.132. The van der Waals surface area contributed by atoms with E-state index in [-0.39, 0.29) is 11.9 Å². The Kier molecular flexibility index (Phi) is 4.37. The summed E-state index contributed by atoms with van der Waals surface area (Å²) in [6.45, 7) is 5.57. The number of carbonyl (C=O) groups is 1. The first-order chi connectivity index (χ1) is 12.3. The minimum absolute atomic E-state index is 0.131. The largest absolute Gasteiger partial charge is 0.466 e. The Morgan fingerprint density at radius 2 is 1.72 bits per heavy atom. The fraction of sp³-hybridized carbons (Fsp3) is 0.688. The van der Waals surface area contributed by atoms with Crippen molar-refractivity contribution in [3.63, 3.8) is 0 Å². The molecular formula is C16H22N6O3. The third-order valence-corrected chi connectivity index (χ3v) is 4.82.